The molecule has 2 amide bonds. The second kappa shape index (κ2) is 8.91. The molecular weight excluding hydrogens is 340 g/mol. The summed E-state index contributed by atoms with van der Waals surface area (Å²) in [5.74, 6) is 1.43. The summed E-state index contributed by atoms with van der Waals surface area (Å²) in [5, 5.41) is 3.18. The van der Waals surface area contributed by atoms with Crippen LogP contribution in [-0.4, -0.2) is 65.7 Å². The van der Waals surface area contributed by atoms with E-state index >= 15 is 0 Å². The Morgan fingerprint density at radius 1 is 1.15 bits per heavy atom. The minimum Gasteiger partial charge on any atom is -0.489 e. The van der Waals surface area contributed by atoms with Gasteiger partial charge < -0.3 is 19.9 Å². The number of pyridine rings is 1. The minimum absolute atomic E-state index is 0.0918. The maximum atomic E-state index is 12.5. The third kappa shape index (κ3) is 4.92. The van der Waals surface area contributed by atoms with Crippen LogP contribution >= 0.6 is 0 Å². The molecule has 6 nitrogen and oxygen atoms in total. The van der Waals surface area contributed by atoms with Crippen LogP contribution < -0.4 is 10.1 Å². The van der Waals surface area contributed by atoms with Crippen LogP contribution in [0.1, 0.15) is 44.9 Å². The van der Waals surface area contributed by atoms with Crippen LogP contribution in [0.2, 0.25) is 0 Å². The van der Waals surface area contributed by atoms with Gasteiger partial charge in [-0.1, -0.05) is 12.8 Å². The fraction of sp³-hybridized carbons (Fsp3) is 0.714. The first kappa shape index (κ1) is 18.5. The first-order chi connectivity index (χ1) is 13.3. The van der Waals surface area contributed by atoms with Crippen molar-refractivity contribution < 1.29 is 9.53 Å². The minimum atomic E-state index is 0.0918. The van der Waals surface area contributed by atoms with E-state index in [2.05, 4.69) is 15.2 Å². The van der Waals surface area contributed by atoms with E-state index in [1.54, 1.807) is 12.4 Å². The van der Waals surface area contributed by atoms with Gasteiger partial charge in [-0.15, -0.1) is 0 Å². The molecule has 1 aliphatic carbocycles. The summed E-state index contributed by atoms with van der Waals surface area (Å²) in [5.41, 5.74) is 0. The second-order valence-electron chi connectivity index (χ2n) is 8.27. The normalized spacial score (nSPS) is 25.0. The largest absolute Gasteiger partial charge is 0.489 e. The summed E-state index contributed by atoms with van der Waals surface area (Å²) >= 11 is 0. The summed E-state index contributed by atoms with van der Waals surface area (Å²) in [6.07, 6.45) is 12.2. The van der Waals surface area contributed by atoms with Gasteiger partial charge in [0.1, 0.15) is 11.9 Å². The zero-order valence-corrected chi connectivity index (χ0v) is 16.2. The molecule has 148 valence electrons. The van der Waals surface area contributed by atoms with Crippen LogP contribution in [0.4, 0.5) is 4.79 Å². The Labute approximate surface area is 162 Å². The first-order valence-electron chi connectivity index (χ1n) is 10.6. The van der Waals surface area contributed by atoms with Crippen LogP contribution in [0.15, 0.2) is 24.5 Å². The number of aromatic nitrogens is 1. The van der Waals surface area contributed by atoms with Crippen LogP contribution in [0.25, 0.3) is 0 Å². The van der Waals surface area contributed by atoms with E-state index < -0.39 is 0 Å². The molecule has 0 spiro atoms. The molecule has 1 N–H and O–H groups in total. The summed E-state index contributed by atoms with van der Waals surface area (Å²) in [6, 6.07) is 4.72. The van der Waals surface area contributed by atoms with E-state index in [0.29, 0.717) is 5.92 Å². The van der Waals surface area contributed by atoms with Crippen molar-refractivity contribution in [3.63, 3.8) is 0 Å². The number of hydrogen-bond acceptors (Lipinski definition) is 4. The van der Waals surface area contributed by atoms with E-state index in [-0.39, 0.29) is 12.1 Å². The number of urea groups is 1. The molecule has 1 aromatic rings. The van der Waals surface area contributed by atoms with Gasteiger partial charge in [0.25, 0.3) is 0 Å². The van der Waals surface area contributed by atoms with Gasteiger partial charge in [-0.05, 0) is 43.9 Å². The predicted octanol–water partition coefficient (Wildman–Crippen LogP) is 2.90. The van der Waals surface area contributed by atoms with Crippen LogP contribution in [0, 0.1) is 5.92 Å². The standard InChI is InChI=1S/C21H32N4O2/c26-21(23-14-17-7-11-25(16-17)18-4-1-2-5-18)24-12-8-19(9-13-24)27-20-6-3-10-22-15-20/h3,6,10,15,17-19H,1-2,4-5,7-9,11-14,16H2,(H,23,26). The van der Waals surface area contributed by atoms with Crippen molar-refractivity contribution in [2.75, 3.05) is 32.7 Å². The topological polar surface area (TPSA) is 57.7 Å². The van der Waals surface area contributed by atoms with Crippen LogP contribution in [0.3, 0.4) is 0 Å². The van der Waals surface area contributed by atoms with Crippen molar-refractivity contribution in [3.05, 3.63) is 24.5 Å². The zero-order chi connectivity index (χ0) is 18.5. The highest BCUT2D eigenvalue weighted by atomic mass is 16.5. The van der Waals surface area contributed by atoms with Crippen molar-refractivity contribution in [1.29, 1.82) is 0 Å². The summed E-state index contributed by atoms with van der Waals surface area (Å²) in [6.45, 7) is 4.70. The van der Waals surface area contributed by atoms with E-state index in [9.17, 15) is 4.79 Å². The Bertz CT molecular complexity index is 597. The van der Waals surface area contributed by atoms with Crippen LogP contribution in [0.5, 0.6) is 5.75 Å². The fourth-order valence-electron chi connectivity index (χ4n) is 4.76. The molecule has 0 bridgehead atoms. The number of rotatable bonds is 5. The SMILES string of the molecule is O=C(NCC1CCN(C2CCCC2)C1)N1CCC(Oc2cccnc2)CC1. The maximum Gasteiger partial charge on any atom is 0.317 e. The molecule has 1 aromatic heterocycles. The van der Waals surface area contributed by atoms with Crippen molar-refractivity contribution >= 4 is 6.03 Å². The number of amides is 2. The van der Waals surface area contributed by atoms with E-state index in [1.807, 2.05) is 17.0 Å². The van der Waals surface area contributed by atoms with Crippen molar-refractivity contribution in [3.8, 4) is 5.75 Å². The molecule has 1 saturated carbocycles. The van der Waals surface area contributed by atoms with Gasteiger partial charge in [0, 0.05) is 51.3 Å². The Hall–Kier alpha value is -1.82. The van der Waals surface area contributed by atoms with Crippen molar-refractivity contribution in [2.24, 2.45) is 5.92 Å². The smallest absolute Gasteiger partial charge is 0.317 e. The first-order valence-corrected chi connectivity index (χ1v) is 10.6. The lowest BCUT2D eigenvalue weighted by Crippen LogP contribution is -2.47. The molecule has 1 unspecified atom stereocenters. The lowest BCUT2D eigenvalue weighted by Gasteiger charge is -2.32. The molecule has 2 aliphatic heterocycles. The van der Waals surface area contributed by atoms with Gasteiger partial charge in [-0.25, -0.2) is 4.79 Å². The van der Waals surface area contributed by atoms with Gasteiger partial charge in [0.2, 0.25) is 0 Å². The van der Waals surface area contributed by atoms with Gasteiger partial charge >= 0.3 is 6.03 Å². The Morgan fingerprint density at radius 2 is 1.96 bits per heavy atom. The van der Waals surface area contributed by atoms with E-state index in [4.69, 9.17) is 4.74 Å². The van der Waals surface area contributed by atoms with E-state index in [1.165, 1.54) is 38.6 Å². The summed E-state index contributed by atoms with van der Waals surface area (Å²) in [7, 11) is 0. The molecule has 1 atom stereocenters. The number of carbonyl (C=O) groups is 1. The molecule has 27 heavy (non-hydrogen) atoms. The average molecular weight is 373 g/mol. The van der Waals surface area contributed by atoms with Crippen molar-refractivity contribution in [1.82, 2.24) is 20.1 Å². The molecule has 2 saturated heterocycles. The molecular formula is C21H32N4O2. The summed E-state index contributed by atoms with van der Waals surface area (Å²) < 4.78 is 5.96. The highest BCUT2D eigenvalue weighted by molar-refractivity contribution is 5.74. The van der Waals surface area contributed by atoms with Gasteiger partial charge in [0.05, 0.1) is 6.20 Å². The Morgan fingerprint density at radius 3 is 2.70 bits per heavy atom. The number of likely N-dealkylation sites (tertiary alicyclic amines) is 2. The zero-order valence-electron chi connectivity index (χ0n) is 16.2. The number of hydrogen-bond donors (Lipinski definition) is 1. The molecule has 3 aliphatic rings. The third-order valence-electron chi connectivity index (χ3n) is 6.37. The number of nitrogens with zero attached hydrogens (tertiary/aromatic N) is 3. The molecule has 3 heterocycles. The Kier molecular flexibility index (Phi) is 6.12. The van der Waals surface area contributed by atoms with Gasteiger partial charge in [-0.3, -0.25) is 4.98 Å². The summed E-state index contributed by atoms with van der Waals surface area (Å²) in [4.78, 5) is 21.2. The monoisotopic (exact) mass is 372 g/mol. The molecule has 3 fully saturated rings. The Balaban J connectivity index is 1.15. The average Bonchev–Trinajstić information content (AvgIpc) is 3.39. The molecule has 0 radical (unpaired) electrons. The molecule has 6 heteroatoms. The van der Waals surface area contributed by atoms with Gasteiger partial charge in [-0.2, -0.15) is 0 Å². The third-order valence-corrected chi connectivity index (χ3v) is 6.37. The quantitative estimate of drug-likeness (QED) is 0.863. The number of piperidine rings is 1. The number of nitrogens with one attached hydrogen (secondary N) is 1. The van der Waals surface area contributed by atoms with Crippen LogP contribution in [-0.2, 0) is 0 Å². The van der Waals surface area contributed by atoms with Crippen molar-refractivity contribution in [2.45, 2.75) is 57.1 Å². The number of ether oxygens (including phenoxy) is 1. The fourth-order valence-corrected chi connectivity index (χ4v) is 4.76. The highest BCUT2D eigenvalue weighted by Gasteiger charge is 2.30. The molecule has 0 aromatic carbocycles. The highest BCUT2D eigenvalue weighted by Crippen LogP contribution is 2.28. The van der Waals surface area contributed by atoms with Gasteiger partial charge in [0.15, 0.2) is 0 Å². The predicted molar refractivity (Wildman–Crippen MR) is 105 cm³/mol. The maximum absolute atomic E-state index is 12.5. The lowest BCUT2D eigenvalue weighted by molar-refractivity contribution is 0.110. The lowest BCUT2D eigenvalue weighted by atomic mass is 10.1. The molecule has 4 rings (SSSR count). The number of carbonyl (C=O) groups excluding carboxylic acids is 1. The second-order valence-corrected chi connectivity index (χ2v) is 8.27. The van der Waals surface area contributed by atoms with E-state index in [0.717, 1.165) is 50.8 Å².